The summed E-state index contributed by atoms with van der Waals surface area (Å²) in [6, 6.07) is 1.97. The zero-order valence-corrected chi connectivity index (χ0v) is 16.7. The Labute approximate surface area is 164 Å². The third-order valence-electron chi connectivity index (χ3n) is 5.49. The van der Waals surface area contributed by atoms with E-state index in [4.69, 9.17) is 4.74 Å². The van der Waals surface area contributed by atoms with Crippen molar-refractivity contribution >= 4 is 38.9 Å². The van der Waals surface area contributed by atoms with E-state index in [0.29, 0.717) is 16.6 Å². The van der Waals surface area contributed by atoms with Crippen LogP contribution in [0.2, 0.25) is 0 Å². The van der Waals surface area contributed by atoms with Crippen LogP contribution in [0.15, 0.2) is 10.9 Å². The number of hydrogen-bond donors (Lipinski definition) is 1. The summed E-state index contributed by atoms with van der Waals surface area (Å²) < 4.78 is 5.44. The molecule has 0 fully saturated rings. The van der Waals surface area contributed by atoms with Gasteiger partial charge in [0.1, 0.15) is 22.1 Å². The molecule has 7 heteroatoms. The Kier molecular flexibility index (Phi) is 4.16. The molecule has 3 aromatic heterocycles. The number of rotatable bonds is 3. The van der Waals surface area contributed by atoms with E-state index in [-0.39, 0.29) is 18.1 Å². The van der Waals surface area contributed by atoms with Crippen molar-refractivity contribution in [2.24, 2.45) is 5.92 Å². The second-order valence-electron chi connectivity index (χ2n) is 7.53. The van der Waals surface area contributed by atoms with Gasteiger partial charge < -0.3 is 9.72 Å². The van der Waals surface area contributed by atoms with Crippen LogP contribution in [0.5, 0.6) is 0 Å². The predicted octanol–water partition coefficient (Wildman–Crippen LogP) is 4.02. The highest BCUT2D eigenvalue weighted by atomic mass is 32.1. The molecule has 3 heterocycles. The van der Waals surface area contributed by atoms with Gasteiger partial charge in [-0.1, -0.05) is 6.92 Å². The third kappa shape index (κ3) is 3.02. The summed E-state index contributed by atoms with van der Waals surface area (Å²) in [6.07, 6.45) is 6.35. The lowest BCUT2D eigenvalue weighted by atomic mass is 9.90. The van der Waals surface area contributed by atoms with Gasteiger partial charge >= 0.3 is 5.97 Å². The van der Waals surface area contributed by atoms with Gasteiger partial charge in [0.05, 0.1) is 5.39 Å². The molecule has 0 spiro atoms. The minimum Gasteiger partial charge on any atom is -0.453 e. The van der Waals surface area contributed by atoms with Gasteiger partial charge in [-0.2, -0.15) is 0 Å². The highest BCUT2D eigenvalue weighted by Crippen LogP contribution is 2.35. The summed E-state index contributed by atoms with van der Waals surface area (Å²) in [5.41, 5.74) is 2.32. The highest BCUT2D eigenvalue weighted by Gasteiger charge is 2.23. The first-order chi connectivity index (χ1) is 13.1. The van der Waals surface area contributed by atoms with Gasteiger partial charge in [0.2, 0.25) is 0 Å². The Morgan fingerprint density at radius 1 is 1.30 bits per heavy atom. The zero-order chi connectivity index (χ0) is 18.5. The summed E-state index contributed by atoms with van der Waals surface area (Å²) in [6.45, 7) is 2.24. The van der Waals surface area contributed by atoms with Crippen LogP contribution in [0.25, 0.3) is 10.2 Å². The first-order valence-corrected chi connectivity index (χ1v) is 11.0. The molecule has 0 aliphatic heterocycles. The smallest absolute Gasteiger partial charge is 0.348 e. The lowest BCUT2D eigenvalue weighted by Crippen LogP contribution is -2.14. The first kappa shape index (κ1) is 17.1. The maximum atomic E-state index is 12.5. The molecule has 5 rings (SSSR count). The number of fused-ring (bicyclic) bond motifs is 4. The van der Waals surface area contributed by atoms with E-state index in [2.05, 4.69) is 16.9 Å². The van der Waals surface area contributed by atoms with Crippen LogP contribution in [0.3, 0.4) is 0 Å². The number of aromatic amines is 1. The molecular weight excluding hydrogens is 380 g/mol. The molecule has 5 nitrogen and oxygen atoms in total. The molecule has 0 saturated heterocycles. The maximum Gasteiger partial charge on any atom is 0.348 e. The number of ether oxygens (including phenoxy) is 1. The number of H-pyrrole nitrogens is 1. The molecule has 0 radical (unpaired) electrons. The number of esters is 1. The van der Waals surface area contributed by atoms with Crippen LogP contribution < -0.4 is 5.56 Å². The van der Waals surface area contributed by atoms with Gasteiger partial charge in [-0.25, -0.2) is 9.78 Å². The van der Waals surface area contributed by atoms with E-state index in [1.54, 1.807) is 11.3 Å². The number of aromatic nitrogens is 2. The van der Waals surface area contributed by atoms with E-state index >= 15 is 0 Å². The van der Waals surface area contributed by atoms with Gasteiger partial charge in [-0.3, -0.25) is 4.79 Å². The Morgan fingerprint density at radius 3 is 3.07 bits per heavy atom. The minimum atomic E-state index is -0.335. The molecule has 0 aromatic carbocycles. The average Bonchev–Trinajstić information content (AvgIpc) is 3.32. The number of carbonyl (C=O) groups is 1. The van der Waals surface area contributed by atoms with Gasteiger partial charge in [0, 0.05) is 9.75 Å². The molecule has 0 bridgehead atoms. The fraction of sp³-hybridized carbons (Fsp3) is 0.450. The average molecular weight is 401 g/mol. The lowest BCUT2D eigenvalue weighted by molar-refractivity contribution is 0.0468. The fourth-order valence-electron chi connectivity index (χ4n) is 4.13. The number of carbonyl (C=O) groups excluding carboxylic acids is 1. The normalized spacial score (nSPS) is 18.5. The van der Waals surface area contributed by atoms with Crippen molar-refractivity contribution in [3.63, 3.8) is 0 Å². The van der Waals surface area contributed by atoms with Crippen LogP contribution in [-0.4, -0.2) is 15.9 Å². The molecule has 3 aromatic rings. The Bertz CT molecular complexity index is 1110. The second kappa shape index (κ2) is 6.56. The lowest BCUT2D eigenvalue weighted by Gasteiger charge is -2.16. The monoisotopic (exact) mass is 400 g/mol. The van der Waals surface area contributed by atoms with Crippen LogP contribution in [-0.2, 0) is 37.0 Å². The number of thiophene rings is 2. The Morgan fingerprint density at radius 2 is 2.19 bits per heavy atom. The van der Waals surface area contributed by atoms with Crippen molar-refractivity contribution in [3.8, 4) is 0 Å². The van der Waals surface area contributed by atoms with E-state index in [1.807, 2.05) is 6.07 Å². The molecule has 0 amide bonds. The second-order valence-corrected chi connectivity index (χ2v) is 9.75. The van der Waals surface area contributed by atoms with E-state index < -0.39 is 0 Å². The number of aryl methyl sites for hydroxylation is 3. The molecule has 2 aliphatic carbocycles. The maximum absolute atomic E-state index is 12.5. The van der Waals surface area contributed by atoms with Gasteiger partial charge in [0.15, 0.2) is 0 Å². The van der Waals surface area contributed by atoms with E-state index in [1.165, 1.54) is 33.1 Å². The number of hydrogen-bond acceptors (Lipinski definition) is 6. The van der Waals surface area contributed by atoms with Crippen LogP contribution in [0.4, 0.5) is 0 Å². The fourth-order valence-corrected chi connectivity index (χ4v) is 6.51. The van der Waals surface area contributed by atoms with Crippen molar-refractivity contribution in [1.82, 2.24) is 9.97 Å². The van der Waals surface area contributed by atoms with Gasteiger partial charge in [-0.05, 0) is 61.6 Å². The number of nitrogens with one attached hydrogen (secondary N) is 1. The topological polar surface area (TPSA) is 72.0 Å². The quantitative estimate of drug-likeness (QED) is 0.674. The SMILES string of the molecule is C[C@H]1CCc2sc(C(=O)OCc3nc4sc5c(c4c(=O)[nH]3)CCC5)cc2C1. The molecule has 1 N–H and O–H groups in total. The first-order valence-electron chi connectivity index (χ1n) is 9.40. The molecular formula is C20H20N2O3S2. The van der Waals surface area contributed by atoms with Crippen LogP contribution in [0, 0.1) is 5.92 Å². The molecule has 140 valence electrons. The third-order valence-corrected chi connectivity index (χ3v) is 7.90. The van der Waals surface area contributed by atoms with E-state index in [9.17, 15) is 9.59 Å². The summed E-state index contributed by atoms with van der Waals surface area (Å²) in [7, 11) is 0. The Balaban J connectivity index is 1.34. The minimum absolute atomic E-state index is 0.00838. The largest absolute Gasteiger partial charge is 0.453 e. The van der Waals surface area contributed by atoms with Crippen molar-refractivity contribution in [3.05, 3.63) is 48.0 Å². The Hall–Kier alpha value is -1.99. The van der Waals surface area contributed by atoms with E-state index in [0.717, 1.165) is 47.9 Å². The van der Waals surface area contributed by atoms with Crippen molar-refractivity contribution < 1.29 is 9.53 Å². The zero-order valence-electron chi connectivity index (χ0n) is 15.1. The van der Waals surface area contributed by atoms with Crippen LogP contribution in [0.1, 0.15) is 56.1 Å². The summed E-state index contributed by atoms with van der Waals surface area (Å²) in [5.74, 6) is 0.749. The molecule has 0 unspecified atom stereocenters. The van der Waals surface area contributed by atoms with Crippen LogP contribution >= 0.6 is 22.7 Å². The summed E-state index contributed by atoms with van der Waals surface area (Å²) >= 11 is 3.13. The molecule has 2 aliphatic rings. The van der Waals surface area contributed by atoms with Crippen molar-refractivity contribution in [2.45, 2.75) is 52.1 Å². The van der Waals surface area contributed by atoms with Crippen molar-refractivity contribution in [2.75, 3.05) is 0 Å². The highest BCUT2D eigenvalue weighted by molar-refractivity contribution is 7.18. The standard InChI is InChI=1S/C20H20N2O3S2/c1-10-5-6-13-11(7-10)8-15(26-13)20(24)25-9-16-21-18(23)17-12-3-2-4-14(12)27-19(17)22-16/h8,10H,2-7,9H2,1H3,(H,21,22,23)/t10-/m0/s1. The van der Waals surface area contributed by atoms with Gasteiger partial charge in [0.25, 0.3) is 5.56 Å². The van der Waals surface area contributed by atoms with Gasteiger partial charge in [-0.15, -0.1) is 22.7 Å². The molecule has 0 saturated carbocycles. The van der Waals surface area contributed by atoms with Crippen molar-refractivity contribution in [1.29, 1.82) is 0 Å². The molecule has 27 heavy (non-hydrogen) atoms. The summed E-state index contributed by atoms with van der Waals surface area (Å²) in [5, 5.41) is 0.725. The molecule has 1 atom stereocenters. The summed E-state index contributed by atoms with van der Waals surface area (Å²) in [4.78, 5) is 36.2. The number of nitrogens with zero attached hydrogens (tertiary/aromatic N) is 1. The predicted molar refractivity (Wildman–Crippen MR) is 107 cm³/mol.